The molecule has 0 saturated heterocycles. The zero-order chi connectivity index (χ0) is 21.0. The molecule has 0 amide bonds. The zero-order valence-corrected chi connectivity index (χ0v) is 17.7. The van der Waals surface area contributed by atoms with Crippen molar-refractivity contribution < 1.29 is 0 Å². The van der Waals surface area contributed by atoms with Crippen LogP contribution in [0.15, 0.2) is 73.3 Å². The van der Waals surface area contributed by atoms with Crippen LogP contribution in [-0.4, -0.2) is 4.98 Å². The minimum absolute atomic E-state index is 0.165. The fourth-order valence-corrected chi connectivity index (χ4v) is 5.05. The van der Waals surface area contributed by atoms with E-state index < -0.39 is 0 Å². The van der Waals surface area contributed by atoms with Crippen LogP contribution in [0.5, 0.6) is 0 Å². The van der Waals surface area contributed by atoms with E-state index in [0.29, 0.717) is 0 Å². The Bertz CT molecular complexity index is 1450. The number of nitrogens with two attached hydrogens (primary N) is 1. The predicted octanol–water partition coefficient (Wildman–Crippen LogP) is 7.49. The van der Waals surface area contributed by atoms with E-state index in [0.717, 1.165) is 16.8 Å². The maximum atomic E-state index is 6.16. The Labute approximate surface area is 177 Å². The standard InChI is InChI=1S/C28H26N2/c1-16(17(2)28-19(4)30-26-12-8-7-11-24(26)28)27-18(3)25-15-20(29)13-14-22(25)21-9-5-6-10-23(21)27/h5-16,30H,2,29H2,1,3-4H3. The van der Waals surface area contributed by atoms with E-state index in [9.17, 15) is 0 Å². The van der Waals surface area contributed by atoms with Gasteiger partial charge in [0, 0.05) is 33.8 Å². The fourth-order valence-electron chi connectivity index (χ4n) is 5.05. The molecule has 5 rings (SSSR count). The lowest BCUT2D eigenvalue weighted by Gasteiger charge is -2.23. The van der Waals surface area contributed by atoms with Gasteiger partial charge in [-0.15, -0.1) is 0 Å². The molecule has 0 radical (unpaired) electrons. The number of nitrogens with one attached hydrogen (secondary N) is 1. The Hall–Kier alpha value is -3.52. The number of rotatable bonds is 3. The van der Waals surface area contributed by atoms with E-state index in [1.165, 1.54) is 49.3 Å². The summed E-state index contributed by atoms with van der Waals surface area (Å²) in [6.45, 7) is 11.2. The first kappa shape index (κ1) is 18.5. The van der Waals surface area contributed by atoms with Crippen molar-refractivity contribution in [3.8, 4) is 0 Å². The monoisotopic (exact) mass is 390 g/mol. The van der Waals surface area contributed by atoms with E-state index >= 15 is 0 Å². The van der Waals surface area contributed by atoms with Gasteiger partial charge in [0.05, 0.1) is 0 Å². The normalized spacial score (nSPS) is 12.6. The number of para-hydroxylation sites is 1. The molecule has 0 aliphatic heterocycles. The fraction of sp³-hybridized carbons (Fsp3) is 0.143. The van der Waals surface area contributed by atoms with Crippen molar-refractivity contribution in [3.05, 3.63) is 95.7 Å². The zero-order valence-electron chi connectivity index (χ0n) is 17.7. The highest BCUT2D eigenvalue weighted by atomic mass is 14.7. The smallest absolute Gasteiger partial charge is 0.0462 e. The first-order valence-electron chi connectivity index (χ1n) is 10.4. The molecule has 3 N–H and O–H groups in total. The maximum Gasteiger partial charge on any atom is 0.0462 e. The van der Waals surface area contributed by atoms with Crippen LogP contribution in [0.4, 0.5) is 5.69 Å². The highest BCUT2D eigenvalue weighted by Gasteiger charge is 2.22. The molecule has 1 aromatic heterocycles. The highest BCUT2D eigenvalue weighted by Crippen LogP contribution is 2.43. The quantitative estimate of drug-likeness (QED) is 0.243. The molecule has 4 aromatic carbocycles. The highest BCUT2D eigenvalue weighted by molar-refractivity contribution is 6.12. The van der Waals surface area contributed by atoms with E-state index in [1.807, 2.05) is 6.07 Å². The number of anilines is 1. The largest absolute Gasteiger partial charge is 0.399 e. The van der Waals surface area contributed by atoms with Gasteiger partial charge in [-0.1, -0.05) is 62.0 Å². The van der Waals surface area contributed by atoms with Gasteiger partial charge in [-0.2, -0.15) is 0 Å². The molecule has 0 aliphatic carbocycles. The number of hydrogen-bond donors (Lipinski definition) is 2. The van der Waals surface area contributed by atoms with Crippen molar-refractivity contribution in [2.45, 2.75) is 26.7 Å². The number of nitrogen functional groups attached to an aromatic ring is 1. The van der Waals surface area contributed by atoms with Gasteiger partial charge in [0.25, 0.3) is 0 Å². The number of aryl methyl sites for hydroxylation is 2. The molecule has 0 spiro atoms. The lowest BCUT2D eigenvalue weighted by Crippen LogP contribution is -2.03. The Morgan fingerprint density at radius 1 is 0.833 bits per heavy atom. The summed E-state index contributed by atoms with van der Waals surface area (Å²) in [5.41, 5.74) is 14.3. The Balaban J connectivity index is 1.78. The number of H-pyrrole nitrogens is 1. The number of fused-ring (bicyclic) bond motifs is 4. The first-order chi connectivity index (χ1) is 14.5. The molecule has 2 nitrogen and oxygen atoms in total. The molecule has 148 valence electrons. The van der Waals surface area contributed by atoms with Gasteiger partial charge >= 0.3 is 0 Å². The third-order valence-corrected chi connectivity index (χ3v) is 6.53. The lowest BCUT2D eigenvalue weighted by molar-refractivity contribution is 0.991. The summed E-state index contributed by atoms with van der Waals surface area (Å²) < 4.78 is 0. The van der Waals surface area contributed by atoms with Crippen LogP contribution in [0.3, 0.4) is 0 Å². The summed E-state index contributed by atoms with van der Waals surface area (Å²) in [7, 11) is 0. The van der Waals surface area contributed by atoms with Gasteiger partial charge in [-0.3, -0.25) is 0 Å². The summed E-state index contributed by atoms with van der Waals surface area (Å²) in [6.07, 6.45) is 0. The van der Waals surface area contributed by atoms with Crippen LogP contribution in [0, 0.1) is 13.8 Å². The van der Waals surface area contributed by atoms with E-state index in [1.54, 1.807) is 0 Å². The Morgan fingerprint density at radius 3 is 2.23 bits per heavy atom. The number of benzene rings is 4. The van der Waals surface area contributed by atoms with Crippen LogP contribution in [-0.2, 0) is 0 Å². The molecule has 0 bridgehead atoms. The van der Waals surface area contributed by atoms with Crippen LogP contribution < -0.4 is 5.73 Å². The van der Waals surface area contributed by atoms with Crippen molar-refractivity contribution in [1.29, 1.82) is 0 Å². The molecule has 0 aliphatic rings. The number of allylic oxidation sites excluding steroid dienone is 1. The summed E-state index contributed by atoms with van der Waals surface area (Å²) in [4.78, 5) is 3.53. The minimum Gasteiger partial charge on any atom is -0.399 e. The molecule has 1 heterocycles. The van der Waals surface area contributed by atoms with E-state index in [4.69, 9.17) is 5.73 Å². The summed E-state index contributed by atoms with van der Waals surface area (Å²) in [5.74, 6) is 0.165. The van der Waals surface area contributed by atoms with Crippen molar-refractivity contribution in [3.63, 3.8) is 0 Å². The summed E-state index contributed by atoms with van der Waals surface area (Å²) in [6, 6.07) is 23.4. The van der Waals surface area contributed by atoms with Gasteiger partial charge in [0.15, 0.2) is 0 Å². The summed E-state index contributed by atoms with van der Waals surface area (Å²) >= 11 is 0. The molecule has 5 aromatic rings. The van der Waals surface area contributed by atoms with Gasteiger partial charge in [-0.05, 0) is 70.3 Å². The van der Waals surface area contributed by atoms with Crippen molar-refractivity contribution in [2.75, 3.05) is 5.73 Å². The average Bonchev–Trinajstić information content (AvgIpc) is 3.09. The first-order valence-corrected chi connectivity index (χ1v) is 10.4. The van der Waals surface area contributed by atoms with Crippen LogP contribution in [0.25, 0.3) is 38.0 Å². The minimum atomic E-state index is 0.165. The Kier molecular flexibility index (Phi) is 4.18. The molecule has 0 fully saturated rings. The number of hydrogen-bond acceptors (Lipinski definition) is 1. The van der Waals surface area contributed by atoms with Gasteiger partial charge < -0.3 is 10.7 Å². The van der Waals surface area contributed by atoms with Crippen LogP contribution in [0.1, 0.15) is 35.2 Å². The van der Waals surface area contributed by atoms with Crippen LogP contribution in [0.2, 0.25) is 0 Å². The molecule has 30 heavy (non-hydrogen) atoms. The predicted molar refractivity (Wildman–Crippen MR) is 131 cm³/mol. The third-order valence-electron chi connectivity index (χ3n) is 6.53. The second-order valence-electron chi connectivity index (χ2n) is 8.31. The van der Waals surface area contributed by atoms with Crippen molar-refractivity contribution in [1.82, 2.24) is 4.98 Å². The van der Waals surface area contributed by atoms with Gasteiger partial charge in [-0.25, -0.2) is 0 Å². The van der Waals surface area contributed by atoms with Crippen molar-refractivity contribution in [2.24, 2.45) is 0 Å². The van der Waals surface area contributed by atoms with E-state index in [2.05, 4.69) is 93.0 Å². The second kappa shape index (κ2) is 6.77. The Morgan fingerprint density at radius 2 is 1.47 bits per heavy atom. The second-order valence-corrected chi connectivity index (χ2v) is 8.31. The van der Waals surface area contributed by atoms with Crippen molar-refractivity contribution >= 4 is 43.7 Å². The lowest BCUT2D eigenvalue weighted by atomic mass is 9.81. The van der Waals surface area contributed by atoms with E-state index in [-0.39, 0.29) is 5.92 Å². The SMILES string of the molecule is C=C(c1c(C)[nH]c2ccccc12)C(C)c1c(C)c2cc(N)ccc2c2ccccc12. The molecular weight excluding hydrogens is 364 g/mol. The maximum absolute atomic E-state index is 6.16. The molecule has 0 saturated carbocycles. The number of aromatic amines is 1. The number of aromatic nitrogens is 1. The van der Waals surface area contributed by atoms with Gasteiger partial charge in [0.2, 0.25) is 0 Å². The molecule has 1 atom stereocenters. The van der Waals surface area contributed by atoms with Crippen LogP contribution >= 0.6 is 0 Å². The van der Waals surface area contributed by atoms with Gasteiger partial charge in [0.1, 0.15) is 0 Å². The molecule has 1 unspecified atom stereocenters. The summed E-state index contributed by atoms with van der Waals surface area (Å²) in [5, 5.41) is 6.27. The topological polar surface area (TPSA) is 41.8 Å². The molecular formula is C28H26N2. The average molecular weight is 391 g/mol. The third kappa shape index (κ3) is 2.64. The molecule has 2 heteroatoms.